The zero-order chi connectivity index (χ0) is 23.1. The van der Waals surface area contributed by atoms with Gasteiger partial charge >= 0.3 is 0 Å². The van der Waals surface area contributed by atoms with Crippen LogP contribution in [0.1, 0.15) is 91.4 Å². The standard InChI is InChI=1S/C26H45NO4S/c1-17(4-9-24(29)27-14-15-32(30)31)21-7-8-22-20-6-5-18-16-19(28)10-12-25(18,2)23(20)11-13-26(21,22)3/h17-23,28H,4-16H2,1-3H3,(H,27,29)(H,30,31). The number of nitrogens with one attached hydrogen (secondary N) is 1. The summed E-state index contributed by atoms with van der Waals surface area (Å²) < 4.78 is 19.6. The number of hydrogen-bond acceptors (Lipinski definition) is 3. The van der Waals surface area contributed by atoms with Crippen molar-refractivity contribution in [2.45, 2.75) is 97.5 Å². The Morgan fingerprint density at radius 1 is 1.06 bits per heavy atom. The third kappa shape index (κ3) is 4.57. The van der Waals surface area contributed by atoms with E-state index in [0.717, 1.165) is 42.9 Å². The van der Waals surface area contributed by atoms with E-state index in [1.54, 1.807) is 0 Å². The minimum atomic E-state index is -1.85. The summed E-state index contributed by atoms with van der Waals surface area (Å²) in [5, 5.41) is 13.0. The number of rotatable bonds is 7. The Morgan fingerprint density at radius 2 is 1.78 bits per heavy atom. The Bertz CT molecular complexity index is 716. The molecule has 10 unspecified atom stereocenters. The monoisotopic (exact) mass is 467 g/mol. The topological polar surface area (TPSA) is 86.6 Å². The fourth-order valence-corrected chi connectivity index (χ4v) is 9.41. The van der Waals surface area contributed by atoms with Gasteiger partial charge in [0.05, 0.1) is 11.9 Å². The molecule has 4 aliphatic carbocycles. The molecule has 0 aromatic rings. The third-order valence-corrected chi connectivity index (χ3v) is 11.4. The summed E-state index contributed by atoms with van der Waals surface area (Å²) in [6.07, 6.45) is 12.6. The Morgan fingerprint density at radius 3 is 2.53 bits per heavy atom. The van der Waals surface area contributed by atoms with Gasteiger partial charge in [0, 0.05) is 13.0 Å². The fourth-order valence-electron chi connectivity index (χ4n) is 9.14. The number of amides is 1. The maximum Gasteiger partial charge on any atom is 0.220 e. The number of aliphatic hydroxyl groups is 1. The van der Waals surface area contributed by atoms with Gasteiger partial charge in [0.25, 0.3) is 0 Å². The first-order valence-electron chi connectivity index (χ1n) is 13.2. The van der Waals surface area contributed by atoms with Crippen LogP contribution in [-0.4, -0.2) is 38.2 Å². The normalized spacial score (nSPS) is 45.3. The van der Waals surface area contributed by atoms with E-state index in [1.807, 2.05) is 0 Å². The van der Waals surface area contributed by atoms with Crippen LogP contribution in [0.15, 0.2) is 0 Å². The molecule has 32 heavy (non-hydrogen) atoms. The summed E-state index contributed by atoms with van der Waals surface area (Å²) >= 11 is -1.85. The highest BCUT2D eigenvalue weighted by Crippen LogP contribution is 2.68. The molecule has 4 fully saturated rings. The van der Waals surface area contributed by atoms with Crippen molar-refractivity contribution in [3.63, 3.8) is 0 Å². The lowest BCUT2D eigenvalue weighted by Gasteiger charge is -2.61. The Labute approximate surface area is 197 Å². The molecule has 0 radical (unpaired) electrons. The van der Waals surface area contributed by atoms with Gasteiger partial charge in [-0.2, -0.15) is 0 Å². The number of aliphatic hydroxyl groups excluding tert-OH is 1. The molecule has 10 atom stereocenters. The van der Waals surface area contributed by atoms with Crippen LogP contribution in [0.3, 0.4) is 0 Å². The lowest BCUT2D eigenvalue weighted by Crippen LogP contribution is -2.54. The van der Waals surface area contributed by atoms with Gasteiger partial charge in [-0.25, -0.2) is 4.21 Å². The van der Waals surface area contributed by atoms with Crippen LogP contribution >= 0.6 is 0 Å². The van der Waals surface area contributed by atoms with E-state index in [9.17, 15) is 14.1 Å². The van der Waals surface area contributed by atoms with Crippen molar-refractivity contribution in [1.29, 1.82) is 0 Å². The highest BCUT2D eigenvalue weighted by atomic mass is 32.2. The summed E-state index contributed by atoms with van der Waals surface area (Å²) in [6, 6.07) is 0. The van der Waals surface area contributed by atoms with Crippen molar-refractivity contribution in [1.82, 2.24) is 5.32 Å². The molecule has 4 aliphatic rings. The minimum absolute atomic E-state index is 0.0106. The predicted octanol–water partition coefficient (Wildman–Crippen LogP) is 4.76. The highest BCUT2D eigenvalue weighted by molar-refractivity contribution is 7.79. The summed E-state index contributed by atoms with van der Waals surface area (Å²) in [6.45, 7) is 7.75. The van der Waals surface area contributed by atoms with Crippen LogP contribution in [0.5, 0.6) is 0 Å². The summed E-state index contributed by atoms with van der Waals surface area (Å²) in [4.78, 5) is 12.2. The summed E-state index contributed by atoms with van der Waals surface area (Å²) in [7, 11) is 0. The molecular weight excluding hydrogens is 422 g/mol. The molecule has 0 bridgehead atoms. The summed E-state index contributed by atoms with van der Waals surface area (Å²) in [5.74, 6) is 4.58. The molecule has 0 aliphatic heterocycles. The Hall–Kier alpha value is -0.460. The van der Waals surface area contributed by atoms with Gasteiger partial charge in [-0.1, -0.05) is 20.8 Å². The van der Waals surface area contributed by atoms with E-state index in [2.05, 4.69) is 26.1 Å². The average molecular weight is 468 g/mol. The second kappa shape index (κ2) is 9.65. The molecule has 0 saturated heterocycles. The molecule has 0 heterocycles. The van der Waals surface area contributed by atoms with Crippen molar-refractivity contribution in [3.05, 3.63) is 0 Å². The van der Waals surface area contributed by atoms with Crippen LogP contribution in [0.25, 0.3) is 0 Å². The lowest BCUT2D eigenvalue weighted by molar-refractivity contribution is -0.129. The highest BCUT2D eigenvalue weighted by Gasteiger charge is 2.60. The number of carbonyl (C=O) groups is 1. The van der Waals surface area contributed by atoms with E-state index in [4.69, 9.17) is 4.55 Å². The largest absolute Gasteiger partial charge is 0.393 e. The number of hydrogen-bond donors (Lipinski definition) is 3. The minimum Gasteiger partial charge on any atom is -0.393 e. The van der Waals surface area contributed by atoms with Crippen molar-refractivity contribution >= 4 is 17.0 Å². The Balaban J connectivity index is 1.36. The quantitative estimate of drug-likeness (QED) is 0.471. The van der Waals surface area contributed by atoms with Crippen molar-refractivity contribution in [3.8, 4) is 0 Å². The van der Waals surface area contributed by atoms with Crippen LogP contribution < -0.4 is 5.32 Å². The molecule has 3 N–H and O–H groups in total. The van der Waals surface area contributed by atoms with Crippen molar-refractivity contribution in [2.24, 2.45) is 46.3 Å². The van der Waals surface area contributed by atoms with E-state index < -0.39 is 11.1 Å². The van der Waals surface area contributed by atoms with Crippen LogP contribution in [0.2, 0.25) is 0 Å². The van der Waals surface area contributed by atoms with Gasteiger partial charge in [0.2, 0.25) is 5.91 Å². The molecule has 184 valence electrons. The van der Waals surface area contributed by atoms with Crippen LogP contribution in [0, 0.1) is 46.3 Å². The molecule has 0 aromatic carbocycles. The van der Waals surface area contributed by atoms with Gasteiger partial charge in [-0.15, -0.1) is 0 Å². The predicted molar refractivity (Wildman–Crippen MR) is 128 cm³/mol. The van der Waals surface area contributed by atoms with E-state index in [0.29, 0.717) is 29.1 Å². The maximum atomic E-state index is 12.2. The maximum absolute atomic E-state index is 12.2. The second-order valence-electron chi connectivity index (χ2n) is 12.2. The van der Waals surface area contributed by atoms with Gasteiger partial charge in [0.15, 0.2) is 11.1 Å². The van der Waals surface area contributed by atoms with Gasteiger partial charge in [0.1, 0.15) is 0 Å². The molecule has 5 nitrogen and oxygen atoms in total. The summed E-state index contributed by atoms with van der Waals surface area (Å²) in [5.41, 5.74) is 0.839. The molecule has 0 spiro atoms. The molecular formula is C26H45NO4S. The second-order valence-corrected chi connectivity index (χ2v) is 13.3. The van der Waals surface area contributed by atoms with Gasteiger partial charge in [-0.05, 0) is 111 Å². The molecule has 6 heteroatoms. The van der Waals surface area contributed by atoms with Crippen molar-refractivity contribution < 1.29 is 18.7 Å². The van der Waals surface area contributed by atoms with E-state index in [-0.39, 0.29) is 24.3 Å². The fraction of sp³-hybridized carbons (Fsp3) is 0.962. The van der Waals surface area contributed by atoms with E-state index >= 15 is 0 Å². The molecule has 4 rings (SSSR count). The molecule has 0 aromatic heterocycles. The number of fused-ring (bicyclic) bond motifs is 5. The van der Waals surface area contributed by atoms with Crippen LogP contribution in [-0.2, 0) is 15.9 Å². The Kier molecular flexibility index (Phi) is 7.44. The van der Waals surface area contributed by atoms with E-state index in [1.165, 1.54) is 44.9 Å². The first kappa shape index (κ1) is 24.7. The molecule has 1 amide bonds. The number of carbonyl (C=O) groups excluding carboxylic acids is 1. The lowest BCUT2D eigenvalue weighted by atomic mass is 9.44. The molecule has 4 saturated carbocycles. The smallest absolute Gasteiger partial charge is 0.220 e. The first-order chi connectivity index (χ1) is 15.1. The zero-order valence-electron chi connectivity index (χ0n) is 20.4. The van der Waals surface area contributed by atoms with Crippen LogP contribution in [0.4, 0.5) is 0 Å². The van der Waals surface area contributed by atoms with Crippen molar-refractivity contribution in [2.75, 3.05) is 12.3 Å². The van der Waals surface area contributed by atoms with Gasteiger partial charge < -0.3 is 15.0 Å². The van der Waals surface area contributed by atoms with Gasteiger partial charge in [-0.3, -0.25) is 4.79 Å². The SMILES string of the molecule is CC(CCC(=O)NCCS(=O)O)C1CCC2C3CCC4CC(O)CCC4(C)C3CCC12C. The zero-order valence-corrected chi connectivity index (χ0v) is 21.2. The average Bonchev–Trinajstić information content (AvgIpc) is 3.09. The first-order valence-corrected chi connectivity index (χ1v) is 14.4. The third-order valence-electron chi connectivity index (χ3n) is 10.8.